The molecule has 14 heavy (non-hydrogen) atoms. The molecule has 80 valence electrons. The summed E-state index contributed by atoms with van der Waals surface area (Å²) in [5.74, 6) is -0.443. The molecule has 0 amide bonds. The van der Waals surface area contributed by atoms with Crippen molar-refractivity contribution in [1.29, 1.82) is 0 Å². The van der Waals surface area contributed by atoms with Crippen LogP contribution in [0.3, 0.4) is 0 Å². The van der Waals surface area contributed by atoms with E-state index in [0.29, 0.717) is 0 Å². The van der Waals surface area contributed by atoms with Gasteiger partial charge in [-0.25, -0.2) is 4.79 Å². The van der Waals surface area contributed by atoms with Crippen LogP contribution in [0.15, 0.2) is 0 Å². The van der Waals surface area contributed by atoms with Gasteiger partial charge < -0.3 is 9.47 Å². The molecule has 3 nitrogen and oxygen atoms in total. The lowest BCUT2D eigenvalue weighted by molar-refractivity contribution is -0.143. The third kappa shape index (κ3) is 1.34. The van der Waals surface area contributed by atoms with E-state index in [1.807, 2.05) is 0 Å². The monoisotopic (exact) mass is 218 g/mol. The van der Waals surface area contributed by atoms with E-state index < -0.39 is 16.6 Å². The SMILES string of the molecule is COC(=O)C1(Cl)OC12CCCCCC2. The molecule has 1 heterocycles. The van der Waals surface area contributed by atoms with Crippen LogP contribution >= 0.6 is 11.6 Å². The van der Waals surface area contributed by atoms with Crippen molar-refractivity contribution in [2.75, 3.05) is 7.11 Å². The molecule has 0 N–H and O–H groups in total. The molecule has 2 aliphatic rings. The zero-order valence-electron chi connectivity index (χ0n) is 8.35. The molecule has 0 aromatic heterocycles. The summed E-state index contributed by atoms with van der Waals surface area (Å²) in [5, 5.41) is -1.17. The lowest BCUT2D eigenvalue weighted by Gasteiger charge is -2.10. The highest BCUT2D eigenvalue weighted by atomic mass is 35.5. The summed E-state index contributed by atoms with van der Waals surface area (Å²) >= 11 is 6.11. The second kappa shape index (κ2) is 3.38. The molecule has 0 aromatic carbocycles. The van der Waals surface area contributed by atoms with Crippen molar-refractivity contribution in [2.24, 2.45) is 0 Å². The summed E-state index contributed by atoms with van der Waals surface area (Å²) in [4.78, 5) is 11.4. The van der Waals surface area contributed by atoms with Crippen molar-refractivity contribution in [3.8, 4) is 0 Å². The molecule has 1 spiro atoms. The molecule has 1 saturated heterocycles. The number of ether oxygens (including phenoxy) is 2. The predicted octanol–water partition coefficient (Wildman–Crippen LogP) is 2.22. The number of halogens is 1. The van der Waals surface area contributed by atoms with Gasteiger partial charge in [-0.1, -0.05) is 37.3 Å². The van der Waals surface area contributed by atoms with E-state index in [4.69, 9.17) is 16.3 Å². The summed E-state index contributed by atoms with van der Waals surface area (Å²) in [6.45, 7) is 0. The van der Waals surface area contributed by atoms with Gasteiger partial charge >= 0.3 is 5.97 Å². The highest BCUT2D eigenvalue weighted by Crippen LogP contribution is 2.58. The largest absolute Gasteiger partial charge is 0.466 e. The zero-order chi connectivity index (χ0) is 10.2. The fraction of sp³-hybridized carbons (Fsp3) is 0.900. The summed E-state index contributed by atoms with van der Waals surface area (Å²) in [6.07, 6.45) is 6.35. The molecule has 1 aliphatic carbocycles. The molecule has 2 fully saturated rings. The second-order valence-corrected chi connectivity index (χ2v) is 4.63. The van der Waals surface area contributed by atoms with Crippen LogP contribution in [-0.4, -0.2) is 23.7 Å². The van der Waals surface area contributed by atoms with Crippen LogP contribution in [-0.2, 0) is 14.3 Å². The van der Waals surface area contributed by atoms with Crippen LogP contribution in [0.4, 0.5) is 0 Å². The maximum atomic E-state index is 11.4. The first kappa shape index (κ1) is 10.2. The fourth-order valence-electron chi connectivity index (χ4n) is 2.33. The molecular formula is C10H15ClO3. The third-order valence-electron chi connectivity index (χ3n) is 3.24. The Morgan fingerprint density at radius 1 is 1.29 bits per heavy atom. The molecule has 1 unspecified atom stereocenters. The number of carbonyl (C=O) groups excluding carboxylic acids is 1. The smallest absolute Gasteiger partial charge is 0.357 e. The minimum Gasteiger partial charge on any atom is -0.466 e. The Balaban J connectivity index is 2.09. The van der Waals surface area contributed by atoms with Crippen LogP contribution in [0.1, 0.15) is 38.5 Å². The molecule has 1 saturated carbocycles. The molecule has 0 bridgehead atoms. The van der Waals surface area contributed by atoms with E-state index in [1.54, 1.807) is 0 Å². The van der Waals surface area contributed by atoms with Crippen molar-refractivity contribution in [3.05, 3.63) is 0 Å². The highest BCUT2D eigenvalue weighted by molar-refractivity contribution is 6.35. The molecule has 4 heteroatoms. The Morgan fingerprint density at radius 3 is 2.36 bits per heavy atom. The normalized spacial score (nSPS) is 35.0. The number of epoxide rings is 1. The third-order valence-corrected chi connectivity index (χ3v) is 3.82. The van der Waals surface area contributed by atoms with E-state index in [9.17, 15) is 4.79 Å². The number of hydrogen-bond donors (Lipinski definition) is 0. The van der Waals surface area contributed by atoms with Gasteiger partial charge in [0.2, 0.25) is 0 Å². The Labute approximate surface area is 88.7 Å². The Hall–Kier alpha value is -0.280. The first-order chi connectivity index (χ1) is 6.65. The van der Waals surface area contributed by atoms with E-state index in [2.05, 4.69) is 4.74 Å². The molecular weight excluding hydrogens is 204 g/mol. The van der Waals surface area contributed by atoms with Crippen molar-refractivity contribution in [2.45, 2.75) is 49.2 Å². The summed E-state index contributed by atoms with van der Waals surface area (Å²) in [5.41, 5.74) is -0.419. The van der Waals surface area contributed by atoms with Gasteiger partial charge in [-0.3, -0.25) is 0 Å². The quantitative estimate of drug-likeness (QED) is 0.385. The van der Waals surface area contributed by atoms with Gasteiger partial charge in [0.05, 0.1) is 7.11 Å². The number of hydrogen-bond acceptors (Lipinski definition) is 3. The van der Waals surface area contributed by atoms with Crippen molar-refractivity contribution in [3.63, 3.8) is 0 Å². The van der Waals surface area contributed by atoms with Crippen LogP contribution in [0.5, 0.6) is 0 Å². The maximum absolute atomic E-state index is 11.4. The van der Waals surface area contributed by atoms with E-state index in [0.717, 1.165) is 25.7 Å². The van der Waals surface area contributed by atoms with Crippen molar-refractivity contribution < 1.29 is 14.3 Å². The lowest BCUT2D eigenvalue weighted by atomic mass is 9.96. The number of methoxy groups -OCH3 is 1. The first-order valence-electron chi connectivity index (χ1n) is 5.12. The molecule has 2 rings (SSSR count). The fourth-order valence-corrected chi connectivity index (χ4v) is 2.74. The highest BCUT2D eigenvalue weighted by Gasteiger charge is 2.74. The van der Waals surface area contributed by atoms with Gasteiger partial charge in [0, 0.05) is 0 Å². The molecule has 1 atom stereocenters. The number of rotatable bonds is 1. The Bertz CT molecular complexity index is 246. The van der Waals surface area contributed by atoms with E-state index in [1.165, 1.54) is 20.0 Å². The van der Waals surface area contributed by atoms with Gasteiger partial charge in [0.25, 0.3) is 5.06 Å². The van der Waals surface area contributed by atoms with Gasteiger partial charge in [-0.15, -0.1) is 0 Å². The van der Waals surface area contributed by atoms with Crippen LogP contribution in [0.25, 0.3) is 0 Å². The van der Waals surface area contributed by atoms with Crippen molar-refractivity contribution in [1.82, 2.24) is 0 Å². The minimum atomic E-state index is -1.17. The Kier molecular flexibility index (Phi) is 2.48. The maximum Gasteiger partial charge on any atom is 0.357 e. The summed E-state index contributed by atoms with van der Waals surface area (Å²) in [6, 6.07) is 0. The van der Waals surface area contributed by atoms with Gasteiger partial charge in [0.15, 0.2) is 0 Å². The van der Waals surface area contributed by atoms with Gasteiger partial charge in [0.1, 0.15) is 5.60 Å². The van der Waals surface area contributed by atoms with E-state index >= 15 is 0 Å². The van der Waals surface area contributed by atoms with E-state index in [-0.39, 0.29) is 0 Å². The van der Waals surface area contributed by atoms with Crippen LogP contribution in [0, 0.1) is 0 Å². The topological polar surface area (TPSA) is 38.8 Å². The predicted molar refractivity (Wildman–Crippen MR) is 52.1 cm³/mol. The molecule has 0 radical (unpaired) electrons. The van der Waals surface area contributed by atoms with Gasteiger partial charge in [-0.05, 0) is 12.8 Å². The average Bonchev–Trinajstić information content (AvgIpc) is 2.86. The van der Waals surface area contributed by atoms with Crippen LogP contribution < -0.4 is 0 Å². The second-order valence-electron chi connectivity index (χ2n) is 4.10. The van der Waals surface area contributed by atoms with Crippen molar-refractivity contribution >= 4 is 17.6 Å². The lowest BCUT2D eigenvalue weighted by Crippen LogP contribution is -2.29. The summed E-state index contributed by atoms with van der Waals surface area (Å²) < 4.78 is 10.1. The standard InChI is InChI=1S/C10H15ClO3/c1-13-8(12)10(11)9(14-10)6-4-2-3-5-7-9/h2-7H2,1H3. The average molecular weight is 219 g/mol. The number of alkyl halides is 1. The van der Waals surface area contributed by atoms with Crippen LogP contribution in [0.2, 0.25) is 0 Å². The van der Waals surface area contributed by atoms with Gasteiger partial charge in [-0.2, -0.15) is 0 Å². The minimum absolute atomic E-state index is 0.419. The molecule has 1 aliphatic heterocycles. The Morgan fingerprint density at radius 2 is 1.86 bits per heavy atom. The molecule has 0 aromatic rings. The number of esters is 1. The zero-order valence-corrected chi connectivity index (χ0v) is 9.10. The number of carbonyl (C=O) groups is 1. The first-order valence-corrected chi connectivity index (χ1v) is 5.50. The summed E-state index contributed by atoms with van der Waals surface area (Å²) in [7, 11) is 1.35.